The predicted molar refractivity (Wildman–Crippen MR) is 94.3 cm³/mol. The van der Waals surface area contributed by atoms with E-state index in [1.165, 1.54) is 5.56 Å². The third kappa shape index (κ3) is 4.27. The molecule has 3 heteroatoms. The van der Waals surface area contributed by atoms with Crippen LogP contribution in [0.5, 0.6) is 0 Å². The summed E-state index contributed by atoms with van der Waals surface area (Å²) in [4.78, 5) is 0. The van der Waals surface area contributed by atoms with Gasteiger partial charge in [0.2, 0.25) is 0 Å². The zero-order valence-electron chi connectivity index (χ0n) is 13.2. The van der Waals surface area contributed by atoms with Crippen LogP contribution in [0.4, 0.5) is 5.69 Å². The third-order valence-corrected chi connectivity index (χ3v) is 3.58. The quantitative estimate of drug-likeness (QED) is 0.401. The molecule has 3 aromatic rings. The van der Waals surface area contributed by atoms with Gasteiger partial charge in [-0.2, -0.15) is 5.10 Å². The molecule has 3 rings (SSSR count). The van der Waals surface area contributed by atoms with Crippen LogP contribution in [0.1, 0.15) is 11.1 Å². The maximum Gasteiger partial charge on any atom is 0.169 e. The Morgan fingerprint density at radius 1 is 0.870 bits per heavy atom. The lowest BCUT2D eigenvalue weighted by molar-refractivity contribution is -0.671. The van der Waals surface area contributed by atoms with Crippen LogP contribution in [0, 0.1) is 0 Å². The molecule has 114 valence electrons. The van der Waals surface area contributed by atoms with Gasteiger partial charge in [0.25, 0.3) is 0 Å². The van der Waals surface area contributed by atoms with Crippen molar-refractivity contribution in [1.29, 1.82) is 0 Å². The van der Waals surface area contributed by atoms with Crippen molar-refractivity contribution in [3.05, 3.63) is 96.3 Å². The monoisotopic (exact) mass is 302 g/mol. The molecule has 0 N–H and O–H groups in total. The molecule has 0 amide bonds. The highest BCUT2D eigenvalue weighted by atomic mass is 15.4. The SMILES string of the molecule is C[n+]1ccc(C=NN(Cc2ccccc2)c2ccccc2)cc1. The highest BCUT2D eigenvalue weighted by Crippen LogP contribution is 2.17. The van der Waals surface area contributed by atoms with Crippen LogP contribution in [-0.2, 0) is 13.6 Å². The normalized spacial score (nSPS) is 10.8. The maximum absolute atomic E-state index is 4.69. The van der Waals surface area contributed by atoms with Crippen LogP contribution < -0.4 is 9.58 Å². The molecular weight excluding hydrogens is 282 g/mol. The van der Waals surface area contributed by atoms with Crippen LogP contribution in [-0.4, -0.2) is 6.21 Å². The van der Waals surface area contributed by atoms with Gasteiger partial charge in [0.05, 0.1) is 18.4 Å². The number of aromatic nitrogens is 1. The number of para-hydroxylation sites is 1. The molecule has 23 heavy (non-hydrogen) atoms. The minimum Gasteiger partial charge on any atom is -0.261 e. The van der Waals surface area contributed by atoms with E-state index in [1.54, 1.807) is 0 Å². The fourth-order valence-electron chi connectivity index (χ4n) is 2.29. The first kappa shape index (κ1) is 15.0. The largest absolute Gasteiger partial charge is 0.261 e. The number of aryl methyl sites for hydroxylation is 1. The lowest BCUT2D eigenvalue weighted by atomic mass is 10.2. The Labute approximate surface area is 137 Å². The van der Waals surface area contributed by atoms with Gasteiger partial charge >= 0.3 is 0 Å². The molecular formula is C20H20N3+. The third-order valence-electron chi connectivity index (χ3n) is 3.58. The number of rotatable bonds is 5. The zero-order chi connectivity index (χ0) is 15.9. The molecule has 0 aliphatic rings. The van der Waals surface area contributed by atoms with Crippen molar-refractivity contribution in [2.45, 2.75) is 6.54 Å². The lowest BCUT2D eigenvalue weighted by Gasteiger charge is -2.19. The van der Waals surface area contributed by atoms with Gasteiger partial charge in [-0.3, -0.25) is 5.01 Å². The summed E-state index contributed by atoms with van der Waals surface area (Å²) in [6.07, 6.45) is 5.94. The van der Waals surface area contributed by atoms with E-state index >= 15 is 0 Å². The van der Waals surface area contributed by atoms with Gasteiger partial charge in [0, 0.05) is 17.7 Å². The van der Waals surface area contributed by atoms with Gasteiger partial charge < -0.3 is 0 Å². The van der Waals surface area contributed by atoms with Crippen LogP contribution in [0.25, 0.3) is 0 Å². The minimum absolute atomic E-state index is 0.738. The number of benzene rings is 2. The first-order chi connectivity index (χ1) is 11.3. The number of pyridine rings is 1. The Morgan fingerprint density at radius 2 is 1.48 bits per heavy atom. The van der Waals surface area contributed by atoms with Crippen molar-refractivity contribution in [3.8, 4) is 0 Å². The van der Waals surface area contributed by atoms with E-state index in [1.807, 2.05) is 59.5 Å². The molecule has 0 spiro atoms. The Hall–Kier alpha value is -2.94. The molecule has 0 saturated heterocycles. The van der Waals surface area contributed by atoms with E-state index in [-0.39, 0.29) is 0 Å². The molecule has 0 saturated carbocycles. The Bertz CT molecular complexity index is 750. The van der Waals surface area contributed by atoms with Gasteiger partial charge in [-0.05, 0) is 17.7 Å². The van der Waals surface area contributed by atoms with Gasteiger partial charge in [0.1, 0.15) is 7.05 Å². The fraction of sp³-hybridized carbons (Fsp3) is 0.100. The van der Waals surface area contributed by atoms with Crippen molar-refractivity contribution >= 4 is 11.9 Å². The van der Waals surface area contributed by atoms with Crippen molar-refractivity contribution in [2.75, 3.05) is 5.01 Å². The Kier molecular flexibility index (Phi) is 4.79. The number of hydrazone groups is 1. The summed E-state index contributed by atoms with van der Waals surface area (Å²) in [7, 11) is 2.01. The molecule has 2 aromatic carbocycles. The van der Waals surface area contributed by atoms with E-state index in [0.717, 1.165) is 17.8 Å². The summed E-state index contributed by atoms with van der Waals surface area (Å²) in [5.41, 5.74) is 3.39. The lowest BCUT2D eigenvalue weighted by Crippen LogP contribution is -2.26. The number of hydrogen-bond donors (Lipinski definition) is 0. The van der Waals surface area contributed by atoms with Gasteiger partial charge in [-0.1, -0.05) is 48.5 Å². The summed E-state index contributed by atoms with van der Waals surface area (Å²) >= 11 is 0. The average molecular weight is 302 g/mol. The second-order valence-electron chi connectivity index (χ2n) is 5.42. The van der Waals surface area contributed by atoms with Crippen molar-refractivity contribution in [2.24, 2.45) is 12.1 Å². The smallest absolute Gasteiger partial charge is 0.169 e. The molecule has 3 nitrogen and oxygen atoms in total. The molecule has 0 aliphatic carbocycles. The zero-order valence-corrected chi connectivity index (χ0v) is 13.2. The van der Waals surface area contributed by atoms with E-state index in [2.05, 4.69) is 53.6 Å². The minimum atomic E-state index is 0.738. The number of hydrogen-bond acceptors (Lipinski definition) is 2. The summed E-state index contributed by atoms with van der Waals surface area (Å²) in [5.74, 6) is 0. The highest BCUT2D eigenvalue weighted by molar-refractivity contribution is 5.79. The van der Waals surface area contributed by atoms with E-state index in [9.17, 15) is 0 Å². The Morgan fingerprint density at radius 3 is 2.13 bits per heavy atom. The molecule has 1 heterocycles. The first-order valence-corrected chi connectivity index (χ1v) is 7.67. The summed E-state index contributed by atoms with van der Waals surface area (Å²) < 4.78 is 2.01. The molecule has 0 fully saturated rings. The summed E-state index contributed by atoms with van der Waals surface area (Å²) in [5, 5.41) is 6.70. The number of anilines is 1. The molecule has 0 aliphatic heterocycles. The fourth-order valence-corrected chi connectivity index (χ4v) is 2.29. The average Bonchev–Trinajstić information content (AvgIpc) is 2.61. The molecule has 1 aromatic heterocycles. The molecule has 0 atom stereocenters. The molecule has 0 bridgehead atoms. The Balaban J connectivity index is 1.84. The van der Waals surface area contributed by atoms with Crippen LogP contribution in [0.2, 0.25) is 0 Å². The summed E-state index contributed by atoms with van der Waals surface area (Å²) in [6, 6.07) is 24.7. The maximum atomic E-state index is 4.69. The van der Waals surface area contributed by atoms with E-state index in [4.69, 9.17) is 0 Å². The van der Waals surface area contributed by atoms with Crippen molar-refractivity contribution < 1.29 is 4.57 Å². The second-order valence-corrected chi connectivity index (χ2v) is 5.42. The van der Waals surface area contributed by atoms with E-state index < -0.39 is 0 Å². The standard InChI is InChI=1S/C20H20N3/c1-22-14-12-18(13-15-22)16-21-23(20-10-6-3-7-11-20)17-19-8-4-2-5-9-19/h2-16H,17H2,1H3/q+1. The second kappa shape index (κ2) is 7.36. The van der Waals surface area contributed by atoms with Crippen LogP contribution in [0.15, 0.2) is 90.3 Å². The van der Waals surface area contributed by atoms with E-state index in [0.29, 0.717) is 0 Å². The van der Waals surface area contributed by atoms with Crippen LogP contribution in [0.3, 0.4) is 0 Å². The highest BCUT2D eigenvalue weighted by Gasteiger charge is 2.05. The van der Waals surface area contributed by atoms with Gasteiger partial charge in [0.15, 0.2) is 12.4 Å². The molecule has 0 unspecified atom stereocenters. The van der Waals surface area contributed by atoms with Gasteiger partial charge in [-0.25, -0.2) is 4.57 Å². The van der Waals surface area contributed by atoms with Crippen molar-refractivity contribution in [1.82, 2.24) is 0 Å². The topological polar surface area (TPSA) is 19.5 Å². The van der Waals surface area contributed by atoms with Gasteiger partial charge in [-0.15, -0.1) is 0 Å². The summed E-state index contributed by atoms with van der Waals surface area (Å²) in [6.45, 7) is 0.738. The predicted octanol–water partition coefficient (Wildman–Crippen LogP) is 3.55. The number of nitrogens with zero attached hydrogens (tertiary/aromatic N) is 3. The van der Waals surface area contributed by atoms with Crippen LogP contribution >= 0.6 is 0 Å². The van der Waals surface area contributed by atoms with Crippen molar-refractivity contribution in [3.63, 3.8) is 0 Å². The molecule has 0 radical (unpaired) electrons. The first-order valence-electron chi connectivity index (χ1n) is 7.67.